The van der Waals surface area contributed by atoms with Crippen molar-refractivity contribution in [2.24, 2.45) is 0 Å². The third kappa shape index (κ3) is 3.52. The molecule has 1 aliphatic heterocycles. The molecule has 1 aromatic rings. The molecule has 0 amide bonds. The number of nitrogens with zero attached hydrogens (tertiary/aromatic N) is 1. The summed E-state index contributed by atoms with van der Waals surface area (Å²) in [5, 5.41) is 8.63. The van der Waals surface area contributed by atoms with Gasteiger partial charge in [-0.15, -0.1) is 0 Å². The molecule has 6 nitrogen and oxygen atoms in total. The Balaban J connectivity index is 2.12. The number of benzene rings is 1. The van der Waals surface area contributed by atoms with E-state index in [4.69, 9.17) is 9.84 Å². The minimum atomic E-state index is -3.77. The predicted octanol–water partition coefficient (Wildman–Crippen LogP) is 0.474. The highest BCUT2D eigenvalue weighted by Gasteiger charge is 2.31. The number of carbonyl (C=O) groups is 1. The average molecular weight is 285 g/mol. The van der Waals surface area contributed by atoms with Gasteiger partial charge in [-0.2, -0.15) is 4.31 Å². The fourth-order valence-electron chi connectivity index (χ4n) is 2.00. The molecule has 2 rings (SSSR count). The molecule has 0 saturated carbocycles. The Morgan fingerprint density at radius 3 is 2.68 bits per heavy atom. The lowest BCUT2D eigenvalue weighted by Crippen LogP contribution is -2.44. The molecule has 0 radical (unpaired) electrons. The number of sulfonamides is 1. The zero-order valence-corrected chi connectivity index (χ0v) is 11.0. The SMILES string of the molecule is O=C(O)CS(=O)(=O)N1CCOC(c2ccccc2)C1. The van der Waals surface area contributed by atoms with Crippen LogP contribution in [-0.4, -0.2) is 49.2 Å². The third-order valence-corrected chi connectivity index (χ3v) is 4.63. The minimum Gasteiger partial charge on any atom is -0.480 e. The van der Waals surface area contributed by atoms with Crippen molar-refractivity contribution in [2.45, 2.75) is 6.10 Å². The number of carboxylic acid groups (broad SMARTS) is 1. The molecule has 1 unspecified atom stereocenters. The highest BCUT2D eigenvalue weighted by atomic mass is 32.2. The van der Waals surface area contributed by atoms with E-state index in [0.29, 0.717) is 0 Å². The summed E-state index contributed by atoms with van der Waals surface area (Å²) in [5.74, 6) is -2.23. The largest absolute Gasteiger partial charge is 0.480 e. The van der Waals surface area contributed by atoms with Gasteiger partial charge in [-0.1, -0.05) is 30.3 Å². The van der Waals surface area contributed by atoms with E-state index in [9.17, 15) is 13.2 Å². The molecule has 1 saturated heterocycles. The Bertz CT molecular complexity index is 542. The Morgan fingerprint density at radius 1 is 1.37 bits per heavy atom. The number of rotatable bonds is 4. The summed E-state index contributed by atoms with van der Waals surface area (Å²) in [7, 11) is -3.77. The molecule has 104 valence electrons. The molecule has 0 aromatic heterocycles. The molecule has 1 atom stereocenters. The Hall–Kier alpha value is -1.44. The summed E-state index contributed by atoms with van der Waals surface area (Å²) in [4.78, 5) is 10.6. The van der Waals surface area contributed by atoms with Crippen LogP contribution in [-0.2, 0) is 19.6 Å². The normalized spacial score (nSPS) is 21.2. The van der Waals surface area contributed by atoms with Crippen LogP contribution in [0.15, 0.2) is 30.3 Å². The van der Waals surface area contributed by atoms with Crippen LogP contribution in [0.2, 0.25) is 0 Å². The predicted molar refractivity (Wildman–Crippen MR) is 68.1 cm³/mol. The van der Waals surface area contributed by atoms with Gasteiger partial charge in [0.2, 0.25) is 10.0 Å². The molecular formula is C12H15NO5S. The van der Waals surface area contributed by atoms with E-state index in [2.05, 4.69) is 0 Å². The van der Waals surface area contributed by atoms with E-state index < -0.39 is 21.7 Å². The molecule has 0 bridgehead atoms. The van der Waals surface area contributed by atoms with E-state index in [1.807, 2.05) is 30.3 Å². The highest BCUT2D eigenvalue weighted by molar-refractivity contribution is 7.89. The molecule has 1 heterocycles. The summed E-state index contributed by atoms with van der Waals surface area (Å²) in [5.41, 5.74) is 0.887. The Kier molecular flexibility index (Phi) is 4.18. The Labute approximate surface area is 111 Å². The van der Waals surface area contributed by atoms with Crippen LogP contribution in [0.4, 0.5) is 0 Å². The van der Waals surface area contributed by atoms with Crippen LogP contribution < -0.4 is 0 Å². The van der Waals surface area contributed by atoms with Gasteiger partial charge >= 0.3 is 5.97 Å². The highest BCUT2D eigenvalue weighted by Crippen LogP contribution is 2.23. The van der Waals surface area contributed by atoms with E-state index in [1.54, 1.807) is 0 Å². The summed E-state index contributed by atoms with van der Waals surface area (Å²) in [6, 6.07) is 9.29. The fourth-order valence-corrected chi connectivity index (χ4v) is 3.20. The van der Waals surface area contributed by atoms with Gasteiger partial charge < -0.3 is 9.84 Å². The van der Waals surface area contributed by atoms with Gasteiger partial charge in [-0.3, -0.25) is 4.79 Å². The second-order valence-electron chi connectivity index (χ2n) is 4.28. The number of ether oxygens (including phenoxy) is 1. The fraction of sp³-hybridized carbons (Fsp3) is 0.417. The van der Waals surface area contributed by atoms with Crippen LogP contribution >= 0.6 is 0 Å². The number of hydrogen-bond donors (Lipinski definition) is 1. The Morgan fingerprint density at radius 2 is 2.05 bits per heavy atom. The number of hydrogen-bond acceptors (Lipinski definition) is 4. The van der Waals surface area contributed by atoms with Crippen molar-refractivity contribution >= 4 is 16.0 Å². The van der Waals surface area contributed by atoms with Gasteiger partial charge in [-0.05, 0) is 5.56 Å². The molecular weight excluding hydrogens is 270 g/mol. The van der Waals surface area contributed by atoms with Crippen molar-refractivity contribution < 1.29 is 23.1 Å². The second-order valence-corrected chi connectivity index (χ2v) is 6.25. The molecule has 1 aliphatic rings. The maximum Gasteiger partial charge on any atom is 0.320 e. The van der Waals surface area contributed by atoms with Crippen molar-refractivity contribution in [3.8, 4) is 0 Å². The maximum absolute atomic E-state index is 11.9. The summed E-state index contributed by atoms with van der Waals surface area (Å²) >= 11 is 0. The van der Waals surface area contributed by atoms with E-state index in [1.165, 1.54) is 4.31 Å². The lowest BCUT2D eigenvalue weighted by Gasteiger charge is -2.32. The van der Waals surface area contributed by atoms with E-state index in [0.717, 1.165) is 5.56 Å². The zero-order valence-electron chi connectivity index (χ0n) is 10.2. The first kappa shape index (κ1) is 14.0. The van der Waals surface area contributed by atoms with Crippen LogP contribution in [0.3, 0.4) is 0 Å². The molecule has 0 spiro atoms. The van der Waals surface area contributed by atoms with Crippen LogP contribution in [0.1, 0.15) is 11.7 Å². The van der Waals surface area contributed by atoms with Gasteiger partial charge in [0.1, 0.15) is 0 Å². The third-order valence-electron chi connectivity index (χ3n) is 2.90. The maximum atomic E-state index is 11.9. The van der Waals surface area contributed by atoms with Crippen LogP contribution in [0, 0.1) is 0 Å². The average Bonchev–Trinajstić information content (AvgIpc) is 2.38. The lowest BCUT2D eigenvalue weighted by atomic mass is 10.1. The van der Waals surface area contributed by atoms with Crippen LogP contribution in [0.5, 0.6) is 0 Å². The standard InChI is InChI=1S/C12H15NO5S/c14-12(15)9-19(16,17)13-6-7-18-11(8-13)10-4-2-1-3-5-10/h1-5,11H,6-9H2,(H,14,15). The summed E-state index contributed by atoms with van der Waals surface area (Å²) < 4.78 is 30.4. The van der Waals surface area contributed by atoms with Crippen molar-refractivity contribution in [3.63, 3.8) is 0 Å². The quantitative estimate of drug-likeness (QED) is 0.869. The number of morpholine rings is 1. The van der Waals surface area contributed by atoms with Crippen molar-refractivity contribution in [1.29, 1.82) is 0 Å². The lowest BCUT2D eigenvalue weighted by molar-refractivity contribution is -0.134. The number of aliphatic carboxylic acids is 1. The van der Waals surface area contributed by atoms with Crippen molar-refractivity contribution in [3.05, 3.63) is 35.9 Å². The van der Waals surface area contributed by atoms with Gasteiger partial charge in [0.15, 0.2) is 5.75 Å². The van der Waals surface area contributed by atoms with Crippen LogP contribution in [0.25, 0.3) is 0 Å². The van der Waals surface area contributed by atoms with Gasteiger partial charge in [0, 0.05) is 13.1 Å². The molecule has 1 N–H and O–H groups in total. The van der Waals surface area contributed by atoms with Gasteiger partial charge in [-0.25, -0.2) is 8.42 Å². The molecule has 1 fully saturated rings. The van der Waals surface area contributed by atoms with Crippen molar-refractivity contribution in [2.75, 3.05) is 25.4 Å². The number of carboxylic acids is 1. The van der Waals surface area contributed by atoms with E-state index in [-0.39, 0.29) is 25.8 Å². The first-order valence-corrected chi connectivity index (χ1v) is 7.46. The molecule has 7 heteroatoms. The van der Waals surface area contributed by atoms with E-state index >= 15 is 0 Å². The molecule has 1 aromatic carbocycles. The first-order chi connectivity index (χ1) is 8.99. The van der Waals surface area contributed by atoms with Gasteiger partial charge in [0.25, 0.3) is 0 Å². The molecule has 0 aliphatic carbocycles. The zero-order chi connectivity index (χ0) is 13.9. The summed E-state index contributed by atoms with van der Waals surface area (Å²) in [6.07, 6.45) is -0.349. The monoisotopic (exact) mass is 285 g/mol. The van der Waals surface area contributed by atoms with Gasteiger partial charge in [0.05, 0.1) is 12.7 Å². The summed E-state index contributed by atoms with van der Waals surface area (Å²) in [6.45, 7) is 0.608. The minimum absolute atomic E-state index is 0.152. The molecule has 19 heavy (non-hydrogen) atoms. The van der Waals surface area contributed by atoms with Crippen molar-refractivity contribution in [1.82, 2.24) is 4.31 Å². The first-order valence-electron chi connectivity index (χ1n) is 5.85. The smallest absolute Gasteiger partial charge is 0.320 e. The second kappa shape index (κ2) is 5.68. The topological polar surface area (TPSA) is 83.9 Å².